The summed E-state index contributed by atoms with van der Waals surface area (Å²) in [5.74, 6) is 0.195. The molecule has 1 aromatic carbocycles. The number of thioether (sulfide) groups is 1. The Balaban J connectivity index is 1.84. The van der Waals surface area contributed by atoms with Gasteiger partial charge < -0.3 is 15.2 Å². The molecule has 2 heterocycles. The number of rotatable bonds is 3. The molecule has 22 heavy (non-hydrogen) atoms. The third-order valence-corrected chi connectivity index (χ3v) is 4.34. The molecule has 112 valence electrons. The molecular formula is C14H11N3O3S2. The SMILES string of the molecule is COc1cc(/C=C2\SC(=Nc3nccs3)NC2=O)ccc1O. The molecule has 0 radical (unpaired) electrons. The van der Waals surface area contributed by atoms with Gasteiger partial charge in [0.25, 0.3) is 5.91 Å². The van der Waals surface area contributed by atoms with Gasteiger partial charge in [0.05, 0.1) is 12.0 Å². The Morgan fingerprint density at radius 3 is 3.05 bits per heavy atom. The van der Waals surface area contributed by atoms with Crippen LogP contribution in [0.15, 0.2) is 39.7 Å². The second-order valence-electron chi connectivity index (χ2n) is 4.23. The number of methoxy groups -OCH3 is 1. The first-order valence-corrected chi connectivity index (χ1v) is 7.91. The summed E-state index contributed by atoms with van der Waals surface area (Å²) in [6, 6.07) is 4.88. The highest BCUT2D eigenvalue weighted by molar-refractivity contribution is 8.18. The third-order valence-electron chi connectivity index (χ3n) is 2.77. The van der Waals surface area contributed by atoms with Gasteiger partial charge in [0.1, 0.15) is 0 Å². The minimum Gasteiger partial charge on any atom is -0.504 e. The molecule has 0 spiro atoms. The topological polar surface area (TPSA) is 83.8 Å². The van der Waals surface area contributed by atoms with Crippen molar-refractivity contribution in [3.8, 4) is 11.5 Å². The van der Waals surface area contributed by atoms with Crippen LogP contribution in [0.4, 0.5) is 5.13 Å². The molecule has 1 aliphatic rings. The van der Waals surface area contributed by atoms with E-state index >= 15 is 0 Å². The van der Waals surface area contributed by atoms with E-state index in [0.29, 0.717) is 21.0 Å². The van der Waals surface area contributed by atoms with Crippen LogP contribution in [0, 0.1) is 0 Å². The number of ether oxygens (including phenoxy) is 1. The Morgan fingerprint density at radius 1 is 1.45 bits per heavy atom. The number of hydrogen-bond acceptors (Lipinski definition) is 7. The average molecular weight is 333 g/mol. The van der Waals surface area contributed by atoms with Crippen LogP contribution < -0.4 is 10.1 Å². The van der Waals surface area contributed by atoms with E-state index in [1.165, 1.54) is 36.3 Å². The van der Waals surface area contributed by atoms with Crippen molar-refractivity contribution in [2.75, 3.05) is 7.11 Å². The first-order valence-electron chi connectivity index (χ1n) is 6.22. The van der Waals surface area contributed by atoms with Crippen LogP contribution in [0.3, 0.4) is 0 Å². The highest BCUT2D eigenvalue weighted by atomic mass is 32.2. The van der Waals surface area contributed by atoms with Crippen LogP contribution in [-0.4, -0.2) is 28.3 Å². The van der Waals surface area contributed by atoms with Crippen LogP contribution in [0.2, 0.25) is 0 Å². The number of carbonyl (C=O) groups is 1. The van der Waals surface area contributed by atoms with E-state index < -0.39 is 0 Å². The number of aromatic hydroxyl groups is 1. The lowest BCUT2D eigenvalue weighted by molar-refractivity contribution is -0.115. The zero-order valence-corrected chi connectivity index (χ0v) is 13.1. The first-order chi connectivity index (χ1) is 10.7. The molecule has 0 unspecified atom stereocenters. The van der Waals surface area contributed by atoms with Gasteiger partial charge in [-0.15, -0.1) is 11.3 Å². The highest BCUT2D eigenvalue weighted by Gasteiger charge is 2.24. The molecule has 3 rings (SSSR count). The highest BCUT2D eigenvalue weighted by Crippen LogP contribution is 2.31. The monoisotopic (exact) mass is 333 g/mol. The number of nitrogens with one attached hydrogen (secondary N) is 1. The van der Waals surface area contributed by atoms with E-state index in [9.17, 15) is 9.90 Å². The zero-order valence-electron chi connectivity index (χ0n) is 11.4. The zero-order chi connectivity index (χ0) is 15.5. The summed E-state index contributed by atoms with van der Waals surface area (Å²) in [6.45, 7) is 0. The van der Waals surface area contributed by atoms with Crippen molar-refractivity contribution in [2.24, 2.45) is 4.99 Å². The Kier molecular flexibility index (Phi) is 4.12. The van der Waals surface area contributed by atoms with Crippen LogP contribution >= 0.6 is 23.1 Å². The molecule has 0 aliphatic carbocycles. The van der Waals surface area contributed by atoms with Gasteiger partial charge in [-0.3, -0.25) is 4.79 Å². The number of nitrogens with zero attached hydrogens (tertiary/aromatic N) is 2. The smallest absolute Gasteiger partial charge is 0.264 e. The van der Waals surface area contributed by atoms with Gasteiger partial charge in [0, 0.05) is 11.6 Å². The summed E-state index contributed by atoms with van der Waals surface area (Å²) in [5, 5.41) is 15.2. The molecule has 8 heteroatoms. The summed E-state index contributed by atoms with van der Waals surface area (Å²) < 4.78 is 5.05. The largest absolute Gasteiger partial charge is 0.504 e. The molecule has 1 amide bonds. The maximum atomic E-state index is 12.0. The fraction of sp³-hybridized carbons (Fsp3) is 0.0714. The molecule has 0 saturated carbocycles. The van der Waals surface area contributed by atoms with E-state index in [1.54, 1.807) is 24.4 Å². The predicted molar refractivity (Wildman–Crippen MR) is 87.6 cm³/mol. The lowest BCUT2D eigenvalue weighted by Gasteiger charge is -2.03. The van der Waals surface area contributed by atoms with E-state index in [4.69, 9.17) is 4.74 Å². The Bertz CT molecular complexity index is 770. The molecule has 0 bridgehead atoms. The maximum absolute atomic E-state index is 12.0. The van der Waals surface area contributed by atoms with Crippen molar-refractivity contribution in [1.29, 1.82) is 0 Å². The predicted octanol–water partition coefficient (Wildman–Crippen LogP) is 2.75. The van der Waals surface area contributed by atoms with Crippen molar-refractivity contribution in [3.05, 3.63) is 40.2 Å². The van der Waals surface area contributed by atoms with Crippen molar-refractivity contribution < 1.29 is 14.6 Å². The molecule has 2 aromatic rings. The molecule has 6 nitrogen and oxygen atoms in total. The van der Waals surface area contributed by atoms with Gasteiger partial charge in [0.2, 0.25) is 5.13 Å². The Labute approximate surface area is 134 Å². The number of aromatic nitrogens is 1. The fourth-order valence-electron chi connectivity index (χ4n) is 1.77. The summed E-state index contributed by atoms with van der Waals surface area (Å²) in [5.41, 5.74) is 0.753. The fourth-order valence-corrected chi connectivity index (χ4v) is 3.16. The van der Waals surface area contributed by atoms with Crippen LogP contribution in [0.1, 0.15) is 5.56 Å². The molecular weight excluding hydrogens is 322 g/mol. The van der Waals surface area contributed by atoms with E-state index in [2.05, 4.69) is 15.3 Å². The van der Waals surface area contributed by atoms with Gasteiger partial charge >= 0.3 is 0 Å². The van der Waals surface area contributed by atoms with Gasteiger partial charge in [-0.2, -0.15) is 4.99 Å². The number of phenols is 1. The van der Waals surface area contributed by atoms with E-state index in [-0.39, 0.29) is 11.7 Å². The molecule has 1 saturated heterocycles. The Hall–Kier alpha value is -2.32. The van der Waals surface area contributed by atoms with Gasteiger partial charge in [0.15, 0.2) is 16.7 Å². The van der Waals surface area contributed by atoms with Gasteiger partial charge in [-0.25, -0.2) is 4.98 Å². The van der Waals surface area contributed by atoms with Crippen LogP contribution in [-0.2, 0) is 4.79 Å². The van der Waals surface area contributed by atoms with Crippen molar-refractivity contribution >= 4 is 45.4 Å². The van der Waals surface area contributed by atoms with Crippen molar-refractivity contribution in [1.82, 2.24) is 10.3 Å². The number of aliphatic imine (C=N–C) groups is 1. The standard InChI is InChI=1S/C14H11N3O3S2/c1-20-10-6-8(2-3-9(10)18)7-11-12(19)16-14(22-11)17-13-15-4-5-21-13/h2-7,18H,1H3,(H,15,16,17,19)/b11-7-. The molecule has 2 N–H and O–H groups in total. The van der Waals surface area contributed by atoms with Crippen LogP contribution in [0.25, 0.3) is 6.08 Å². The lowest BCUT2D eigenvalue weighted by atomic mass is 10.2. The number of carbonyl (C=O) groups excluding carboxylic acids is 1. The number of hydrogen-bond donors (Lipinski definition) is 2. The van der Waals surface area contributed by atoms with E-state index in [1.807, 2.05) is 5.38 Å². The van der Waals surface area contributed by atoms with Crippen molar-refractivity contribution in [3.63, 3.8) is 0 Å². The quantitative estimate of drug-likeness (QED) is 0.844. The number of amidine groups is 1. The van der Waals surface area contributed by atoms with Crippen molar-refractivity contribution in [2.45, 2.75) is 0 Å². The normalized spacial score (nSPS) is 18.0. The minimum absolute atomic E-state index is 0.0548. The Morgan fingerprint density at radius 2 is 2.32 bits per heavy atom. The summed E-state index contributed by atoms with van der Waals surface area (Å²) in [7, 11) is 1.47. The summed E-state index contributed by atoms with van der Waals surface area (Å²) in [4.78, 5) is 20.8. The first kappa shape index (κ1) is 14.6. The number of phenolic OH excluding ortho intramolecular Hbond substituents is 1. The average Bonchev–Trinajstić information content (AvgIpc) is 3.12. The van der Waals surface area contributed by atoms with Crippen LogP contribution in [0.5, 0.6) is 11.5 Å². The minimum atomic E-state index is -0.215. The molecule has 1 aromatic heterocycles. The lowest BCUT2D eigenvalue weighted by Crippen LogP contribution is -2.19. The molecule has 0 atom stereocenters. The summed E-state index contributed by atoms with van der Waals surface area (Å²) in [6.07, 6.45) is 3.37. The second-order valence-corrected chi connectivity index (χ2v) is 6.13. The molecule has 1 fully saturated rings. The van der Waals surface area contributed by atoms with Gasteiger partial charge in [-0.05, 0) is 35.5 Å². The number of amides is 1. The molecule has 1 aliphatic heterocycles. The van der Waals surface area contributed by atoms with Gasteiger partial charge in [-0.1, -0.05) is 6.07 Å². The summed E-state index contributed by atoms with van der Waals surface area (Å²) >= 11 is 2.64. The number of thiazole rings is 1. The maximum Gasteiger partial charge on any atom is 0.264 e. The number of benzene rings is 1. The van der Waals surface area contributed by atoms with E-state index in [0.717, 1.165) is 5.56 Å². The third kappa shape index (κ3) is 3.12. The second kappa shape index (κ2) is 6.20.